The summed E-state index contributed by atoms with van der Waals surface area (Å²) in [6.07, 6.45) is 6.38. The molecule has 1 saturated carbocycles. The van der Waals surface area contributed by atoms with Gasteiger partial charge in [-0.25, -0.2) is 0 Å². The second kappa shape index (κ2) is 8.00. The molecule has 1 heterocycles. The fourth-order valence-electron chi connectivity index (χ4n) is 2.88. The number of quaternary nitrogens is 1. The van der Waals surface area contributed by atoms with E-state index in [1.54, 1.807) is 11.3 Å². The van der Waals surface area contributed by atoms with E-state index in [-0.39, 0.29) is 6.10 Å². The lowest BCUT2D eigenvalue weighted by molar-refractivity contribution is -0.910. The van der Waals surface area contributed by atoms with Crippen molar-refractivity contribution >= 4 is 11.3 Å². The largest absolute Gasteiger partial charge is 0.385 e. The molecule has 2 rings (SSSR count). The Balaban J connectivity index is 1.61. The maximum atomic E-state index is 10.0. The molecule has 2 N–H and O–H groups in total. The highest BCUT2D eigenvalue weighted by Crippen LogP contribution is 2.15. The van der Waals surface area contributed by atoms with Crippen LogP contribution in [-0.4, -0.2) is 37.5 Å². The van der Waals surface area contributed by atoms with Crippen molar-refractivity contribution in [3.63, 3.8) is 0 Å². The molecule has 0 bridgehead atoms. The second-order valence-electron chi connectivity index (χ2n) is 5.63. The van der Waals surface area contributed by atoms with E-state index in [2.05, 4.69) is 18.5 Å². The first kappa shape index (κ1) is 15.0. The molecule has 3 nitrogen and oxygen atoms in total. The number of aliphatic hydroxyl groups is 1. The smallest absolute Gasteiger partial charge is 0.126 e. The molecule has 4 heteroatoms. The third-order valence-corrected chi connectivity index (χ3v) is 4.84. The summed E-state index contributed by atoms with van der Waals surface area (Å²) in [4.78, 5) is 2.69. The van der Waals surface area contributed by atoms with Crippen LogP contribution < -0.4 is 4.90 Å². The summed E-state index contributed by atoms with van der Waals surface area (Å²) in [6.45, 7) is 1.87. The molecule has 1 fully saturated rings. The minimum Gasteiger partial charge on any atom is -0.385 e. The highest BCUT2D eigenvalue weighted by atomic mass is 32.1. The summed E-state index contributed by atoms with van der Waals surface area (Å²) >= 11 is 1.70. The van der Waals surface area contributed by atoms with Gasteiger partial charge in [-0.05, 0) is 37.1 Å². The molecule has 1 aliphatic carbocycles. The van der Waals surface area contributed by atoms with E-state index < -0.39 is 0 Å². The molecule has 0 saturated heterocycles. The average Bonchev–Trinajstić information content (AvgIpc) is 2.93. The number of likely N-dealkylation sites (N-methyl/N-ethyl adjacent to an activating group) is 1. The number of hydrogen-bond donors (Lipinski definition) is 2. The van der Waals surface area contributed by atoms with Crippen molar-refractivity contribution in [2.45, 2.75) is 50.9 Å². The van der Waals surface area contributed by atoms with Gasteiger partial charge < -0.3 is 14.7 Å². The monoisotopic (exact) mass is 284 g/mol. The molecule has 0 radical (unpaired) electrons. The van der Waals surface area contributed by atoms with Crippen LogP contribution in [-0.2, 0) is 11.3 Å². The van der Waals surface area contributed by atoms with E-state index in [9.17, 15) is 5.11 Å². The van der Waals surface area contributed by atoms with Crippen LogP contribution in [0, 0.1) is 0 Å². The predicted octanol–water partition coefficient (Wildman–Crippen LogP) is 1.47. The summed E-state index contributed by atoms with van der Waals surface area (Å²) in [7, 11) is 2.21. The quantitative estimate of drug-likeness (QED) is 0.795. The topological polar surface area (TPSA) is 33.9 Å². The Kier molecular flexibility index (Phi) is 6.31. The van der Waals surface area contributed by atoms with Gasteiger partial charge in [0.15, 0.2) is 0 Å². The predicted molar refractivity (Wildman–Crippen MR) is 78.6 cm³/mol. The maximum absolute atomic E-state index is 10.0. The number of ether oxygens (including phenoxy) is 1. The molecule has 1 aromatic rings. The molecular weight excluding hydrogens is 258 g/mol. The summed E-state index contributed by atoms with van der Waals surface area (Å²) in [5, 5.41) is 12.1. The van der Waals surface area contributed by atoms with Crippen LogP contribution in [0.25, 0.3) is 0 Å². The van der Waals surface area contributed by atoms with E-state index in [1.807, 2.05) is 6.07 Å². The van der Waals surface area contributed by atoms with Gasteiger partial charge in [0.05, 0.1) is 26.3 Å². The lowest BCUT2D eigenvalue weighted by Gasteiger charge is -2.29. The van der Waals surface area contributed by atoms with E-state index in [0.29, 0.717) is 13.2 Å². The number of aliphatic hydroxyl groups excluding tert-OH is 1. The first-order chi connectivity index (χ1) is 9.25. The average molecular weight is 284 g/mol. The van der Waals surface area contributed by atoms with Crippen LogP contribution in [0.5, 0.6) is 0 Å². The normalized spacial score (nSPS) is 20.3. The Morgan fingerprint density at radius 1 is 1.42 bits per heavy atom. The third-order valence-electron chi connectivity index (χ3n) is 3.99. The van der Waals surface area contributed by atoms with Gasteiger partial charge in [-0.1, -0.05) is 12.5 Å². The van der Waals surface area contributed by atoms with Crippen molar-refractivity contribution in [1.29, 1.82) is 0 Å². The van der Waals surface area contributed by atoms with E-state index >= 15 is 0 Å². The van der Waals surface area contributed by atoms with E-state index in [1.165, 1.54) is 41.9 Å². The molecule has 19 heavy (non-hydrogen) atoms. The van der Waals surface area contributed by atoms with Gasteiger partial charge in [-0.3, -0.25) is 0 Å². The number of rotatable bonds is 7. The Bertz CT molecular complexity index is 336. The fourth-order valence-corrected chi connectivity index (χ4v) is 3.52. The van der Waals surface area contributed by atoms with Crippen molar-refractivity contribution in [2.24, 2.45) is 0 Å². The van der Waals surface area contributed by atoms with Gasteiger partial charge in [0.25, 0.3) is 0 Å². The lowest BCUT2D eigenvalue weighted by atomic mass is 9.94. The molecule has 0 aromatic carbocycles. The van der Waals surface area contributed by atoms with Crippen LogP contribution in [0.1, 0.15) is 37.0 Å². The highest BCUT2D eigenvalue weighted by molar-refractivity contribution is 7.09. The first-order valence-corrected chi connectivity index (χ1v) is 8.24. The maximum Gasteiger partial charge on any atom is 0.126 e. The summed E-state index contributed by atoms with van der Waals surface area (Å²) in [6, 6.07) is 4.83. The van der Waals surface area contributed by atoms with Crippen molar-refractivity contribution in [2.75, 3.05) is 20.2 Å². The number of hydrogen-bond acceptors (Lipinski definition) is 3. The Morgan fingerprint density at radius 3 is 2.89 bits per heavy atom. The summed E-state index contributed by atoms with van der Waals surface area (Å²) in [5.74, 6) is 0. The van der Waals surface area contributed by atoms with Crippen LogP contribution in [0.15, 0.2) is 17.5 Å². The molecule has 0 aliphatic heterocycles. The lowest BCUT2D eigenvalue weighted by Crippen LogP contribution is -3.14. The van der Waals surface area contributed by atoms with Crippen molar-refractivity contribution < 1.29 is 14.7 Å². The minimum atomic E-state index is -0.345. The standard InChI is InChI=1S/C15H25NO2S/c1-16(13-6-3-2-4-7-13)10-14(17)11-18-12-15-8-5-9-19-15/h5,8-9,13-14,17H,2-4,6-7,10-12H2,1H3/p+1/t14-/m1/s1. The van der Waals surface area contributed by atoms with Gasteiger partial charge in [0.2, 0.25) is 0 Å². The van der Waals surface area contributed by atoms with Gasteiger partial charge in [-0.15, -0.1) is 11.3 Å². The second-order valence-corrected chi connectivity index (χ2v) is 6.67. The summed E-state index contributed by atoms with van der Waals surface area (Å²) < 4.78 is 5.58. The fraction of sp³-hybridized carbons (Fsp3) is 0.733. The zero-order valence-electron chi connectivity index (χ0n) is 11.8. The molecule has 0 amide bonds. The van der Waals surface area contributed by atoms with Crippen molar-refractivity contribution in [1.82, 2.24) is 0 Å². The Hall–Kier alpha value is -0.420. The van der Waals surface area contributed by atoms with Crippen LogP contribution in [0.4, 0.5) is 0 Å². The van der Waals surface area contributed by atoms with Crippen molar-refractivity contribution in [3.05, 3.63) is 22.4 Å². The molecular formula is C15H26NO2S+. The van der Waals surface area contributed by atoms with Gasteiger partial charge in [-0.2, -0.15) is 0 Å². The SMILES string of the molecule is C[NH+](C[C@@H](O)COCc1cccs1)C1CCCCC1. The van der Waals surface area contributed by atoms with Crippen LogP contribution in [0.3, 0.4) is 0 Å². The van der Waals surface area contributed by atoms with Crippen molar-refractivity contribution in [3.8, 4) is 0 Å². The molecule has 2 atom stereocenters. The van der Waals surface area contributed by atoms with Crippen LogP contribution in [0.2, 0.25) is 0 Å². The molecule has 0 spiro atoms. The molecule has 1 unspecified atom stereocenters. The highest BCUT2D eigenvalue weighted by Gasteiger charge is 2.23. The third kappa shape index (κ3) is 5.22. The Morgan fingerprint density at radius 2 is 2.21 bits per heavy atom. The molecule has 1 aromatic heterocycles. The van der Waals surface area contributed by atoms with Gasteiger partial charge in [0.1, 0.15) is 12.6 Å². The number of thiophene rings is 1. The van der Waals surface area contributed by atoms with Gasteiger partial charge >= 0.3 is 0 Å². The first-order valence-electron chi connectivity index (χ1n) is 7.36. The molecule has 108 valence electrons. The van der Waals surface area contributed by atoms with E-state index in [0.717, 1.165) is 12.6 Å². The minimum absolute atomic E-state index is 0.345. The van der Waals surface area contributed by atoms with Crippen LogP contribution >= 0.6 is 11.3 Å². The molecule has 1 aliphatic rings. The Labute approximate surface area is 120 Å². The zero-order valence-corrected chi connectivity index (χ0v) is 12.6. The zero-order chi connectivity index (χ0) is 13.5. The van der Waals surface area contributed by atoms with Gasteiger partial charge in [0, 0.05) is 4.88 Å². The number of nitrogens with one attached hydrogen (secondary N) is 1. The summed E-state index contributed by atoms with van der Waals surface area (Å²) in [5.41, 5.74) is 0. The van der Waals surface area contributed by atoms with E-state index in [4.69, 9.17) is 4.74 Å².